The number of carbonyl (C=O) groups is 3. The summed E-state index contributed by atoms with van der Waals surface area (Å²) in [6.07, 6.45) is 12.2. The Morgan fingerprint density at radius 3 is 2.23 bits per heavy atom. The lowest BCUT2D eigenvalue weighted by Gasteiger charge is -2.59. The third kappa shape index (κ3) is 4.12. The fraction of sp³-hybridized carbons (Fsp3) is 0.741. The highest BCUT2D eigenvalue weighted by Gasteiger charge is 2.59. The van der Waals surface area contributed by atoms with Crippen LogP contribution in [0.5, 0.6) is 0 Å². The van der Waals surface area contributed by atoms with Crippen LogP contribution in [0.3, 0.4) is 0 Å². The van der Waals surface area contributed by atoms with Crippen LogP contribution in [0.2, 0.25) is 0 Å². The predicted octanol–water partition coefficient (Wildman–Crippen LogP) is 2.57. The molecule has 188 valence electrons. The van der Waals surface area contributed by atoms with Gasteiger partial charge in [0.15, 0.2) is 0 Å². The quantitative estimate of drug-likeness (QED) is 0.614. The summed E-state index contributed by atoms with van der Waals surface area (Å²) in [4.78, 5) is 51.3. The Bertz CT molecular complexity index is 985. The Balaban J connectivity index is 1.01. The van der Waals surface area contributed by atoms with E-state index in [1.54, 1.807) is 18.5 Å². The van der Waals surface area contributed by atoms with Crippen molar-refractivity contribution in [2.24, 2.45) is 40.2 Å². The number of anilines is 1. The molecule has 35 heavy (non-hydrogen) atoms. The lowest BCUT2D eigenvalue weighted by atomic mass is 9.45. The highest BCUT2D eigenvalue weighted by molar-refractivity contribution is 5.88. The molecular formula is C27H37N5O3. The molecule has 2 unspecified atom stereocenters. The summed E-state index contributed by atoms with van der Waals surface area (Å²) < 4.78 is 0. The molecule has 1 aromatic rings. The number of rotatable bonds is 8. The molecule has 2 atom stereocenters. The Morgan fingerprint density at radius 1 is 0.971 bits per heavy atom. The zero-order chi connectivity index (χ0) is 24.2. The zero-order valence-corrected chi connectivity index (χ0v) is 20.5. The number of ketones is 1. The number of amides is 2. The van der Waals surface area contributed by atoms with Crippen LogP contribution >= 0.6 is 0 Å². The van der Waals surface area contributed by atoms with E-state index in [0.29, 0.717) is 67.8 Å². The van der Waals surface area contributed by atoms with E-state index in [-0.39, 0.29) is 22.6 Å². The number of piperazine rings is 1. The van der Waals surface area contributed by atoms with Crippen molar-refractivity contribution in [1.29, 1.82) is 0 Å². The van der Waals surface area contributed by atoms with Gasteiger partial charge in [-0.3, -0.25) is 14.4 Å². The van der Waals surface area contributed by atoms with E-state index < -0.39 is 0 Å². The average Bonchev–Trinajstić information content (AvgIpc) is 3.66. The lowest BCUT2D eigenvalue weighted by molar-refractivity contribution is -0.152. The normalized spacial score (nSPS) is 34.6. The Kier molecular flexibility index (Phi) is 5.60. The van der Waals surface area contributed by atoms with Crippen molar-refractivity contribution >= 4 is 23.5 Å². The maximum absolute atomic E-state index is 13.5. The number of carbonyl (C=O) groups excluding carboxylic acids is 3. The first kappa shape index (κ1) is 22.9. The highest BCUT2D eigenvalue weighted by Crippen LogP contribution is 2.63. The second kappa shape index (κ2) is 8.56. The molecule has 0 aromatic carbocycles. The summed E-state index contributed by atoms with van der Waals surface area (Å²) >= 11 is 0. The van der Waals surface area contributed by atoms with Gasteiger partial charge in [0.1, 0.15) is 5.78 Å². The third-order valence-corrected chi connectivity index (χ3v) is 10.1. The maximum Gasteiger partial charge on any atom is 0.225 e. The van der Waals surface area contributed by atoms with Gasteiger partial charge < -0.3 is 15.5 Å². The van der Waals surface area contributed by atoms with Gasteiger partial charge in [-0.15, -0.1) is 0 Å². The van der Waals surface area contributed by atoms with Crippen LogP contribution in [0, 0.1) is 34.5 Å². The second-order valence-electron chi connectivity index (χ2n) is 12.1. The molecule has 8 heteroatoms. The first-order chi connectivity index (χ1) is 16.9. The number of nitrogens with two attached hydrogens (primary N) is 1. The molecule has 2 N–H and O–H groups in total. The van der Waals surface area contributed by atoms with E-state index in [9.17, 15) is 14.4 Å². The molecule has 6 fully saturated rings. The number of nitrogens with zero attached hydrogens (tertiary/aromatic N) is 4. The number of hydrogen-bond acceptors (Lipinski definition) is 6. The molecule has 7 rings (SSSR count). The van der Waals surface area contributed by atoms with Gasteiger partial charge in [0.2, 0.25) is 17.8 Å². The number of Topliss-reactive ketones (excluding diaryl/α,β-unsaturated/α-hetero) is 1. The standard InChI is InChI=1S/C27H37N5O3/c28-24(35)27-15-18-12-19(16-27)21(20(13-18)17-27)14-22(33)26(4-5-26)3-2-23(34)31-8-10-32(11-9-31)25-29-6-1-7-30-25/h1,6-7,18-21H,2-5,8-17H2,(H2,28,35). The van der Waals surface area contributed by atoms with Gasteiger partial charge in [0.05, 0.1) is 0 Å². The predicted molar refractivity (Wildman–Crippen MR) is 130 cm³/mol. The van der Waals surface area contributed by atoms with Gasteiger partial charge >= 0.3 is 0 Å². The van der Waals surface area contributed by atoms with E-state index in [2.05, 4.69) is 14.9 Å². The van der Waals surface area contributed by atoms with Crippen LogP contribution < -0.4 is 10.6 Å². The minimum absolute atomic E-state index is 0.115. The van der Waals surface area contributed by atoms with Gasteiger partial charge in [-0.1, -0.05) is 0 Å². The molecule has 5 saturated carbocycles. The first-order valence-corrected chi connectivity index (χ1v) is 13.5. The number of primary amides is 1. The van der Waals surface area contributed by atoms with Crippen molar-refractivity contribution < 1.29 is 14.4 Å². The van der Waals surface area contributed by atoms with Crippen molar-refractivity contribution in [3.8, 4) is 0 Å². The Morgan fingerprint density at radius 2 is 1.63 bits per heavy atom. The molecule has 6 aliphatic rings. The summed E-state index contributed by atoms with van der Waals surface area (Å²) in [5.74, 6) is 3.11. The molecule has 8 nitrogen and oxygen atoms in total. The molecule has 1 aliphatic heterocycles. The van der Waals surface area contributed by atoms with Gasteiger partial charge in [-0.05, 0) is 81.1 Å². The molecule has 0 spiro atoms. The fourth-order valence-electron chi connectivity index (χ4n) is 8.13. The summed E-state index contributed by atoms with van der Waals surface area (Å²) in [5.41, 5.74) is 5.27. The van der Waals surface area contributed by atoms with E-state index in [0.717, 1.165) is 58.0 Å². The van der Waals surface area contributed by atoms with Crippen LogP contribution in [0.1, 0.15) is 64.2 Å². The van der Waals surface area contributed by atoms with E-state index >= 15 is 0 Å². The molecule has 2 heterocycles. The third-order valence-electron chi connectivity index (χ3n) is 10.1. The van der Waals surface area contributed by atoms with Gasteiger partial charge in [-0.2, -0.15) is 0 Å². The van der Waals surface area contributed by atoms with Crippen molar-refractivity contribution in [3.63, 3.8) is 0 Å². The topological polar surface area (TPSA) is 109 Å². The molecule has 0 radical (unpaired) electrons. The lowest BCUT2D eigenvalue weighted by Crippen LogP contribution is -2.56. The van der Waals surface area contributed by atoms with Crippen LogP contribution in [0.15, 0.2) is 18.5 Å². The fourth-order valence-corrected chi connectivity index (χ4v) is 8.13. The summed E-state index contributed by atoms with van der Waals surface area (Å²) in [6, 6.07) is 1.80. The van der Waals surface area contributed by atoms with Crippen molar-refractivity contribution in [2.45, 2.75) is 64.2 Å². The minimum atomic E-state index is -0.295. The summed E-state index contributed by atoms with van der Waals surface area (Å²) in [6.45, 7) is 2.81. The summed E-state index contributed by atoms with van der Waals surface area (Å²) in [7, 11) is 0. The molecule has 5 aliphatic carbocycles. The molecule has 1 saturated heterocycles. The smallest absolute Gasteiger partial charge is 0.225 e. The van der Waals surface area contributed by atoms with Crippen LogP contribution in [-0.2, 0) is 14.4 Å². The van der Waals surface area contributed by atoms with Gasteiger partial charge in [0.25, 0.3) is 0 Å². The number of aromatic nitrogens is 2. The highest BCUT2D eigenvalue weighted by atomic mass is 16.2. The largest absolute Gasteiger partial charge is 0.369 e. The Labute approximate surface area is 207 Å². The van der Waals surface area contributed by atoms with Gasteiger partial charge in [-0.25, -0.2) is 9.97 Å². The molecule has 1 aromatic heterocycles. The number of hydrogen-bond donors (Lipinski definition) is 1. The zero-order valence-electron chi connectivity index (χ0n) is 20.5. The molecule has 2 amide bonds. The SMILES string of the molecule is NC(=O)C12CC3CC(C1)C(CC(=O)C1(CCC(=O)N4CCN(c5ncccn5)CC4)CC1)C(C3)C2. The average molecular weight is 480 g/mol. The summed E-state index contributed by atoms with van der Waals surface area (Å²) in [5, 5.41) is 0. The van der Waals surface area contributed by atoms with Crippen LogP contribution in [0.4, 0.5) is 5.95 Å². The van der Waals surface area contributed by atoms with E-state index in [4.69, 9.17) is 5.73 Å². The van der Waals surface area contributed by atoms with Crippen LogP contribution in [-0.4, -0.2) is 58.6 Å². The van der Waals surface area contributed by atoms with Crippen molar-refractivity contribution in [1.82, 2.24) is 14.9 Å². The molecular weight excluding hydrogens is 442 g/mol. The van der Waals surface area contributed by atoms with E-state index in [1.165, 1.54) is 0 Å². The van der Waals surface area contributed by atoms with Gasteiger partial charge in [0, 0.05) is 62.2 Å². The maximum atomic E-state index is 13.5. The van der Waals surface area contributed by atoms with Crippen LogP contribution in [0.25, 0.3) is 0 Å². The molecule has 4 bridgehead atoms. The minimum Gasteiger partial charge on any atom is -0.369 e. The van der Waals surface area contributed by atoms with Crippen molar-refractivity contribution in [3.05, 3.63) is 18.5 Å². The first-order valence-electron chi connectivity index (χ1n) is 13.5. The monoisotopic (exact) mass is 479 g/mol. The second-order valence-corrected chi connectivity index (χ2v) is 12.1. The van der Waals surface area contributed by atoms with Crippen molar-refractivity contribution in [2.75, 3.05) is 31.1 Å². The Hall–Kier alpha value is -2.51. The van der Waals surface area contributed by atoms with E-state index in [1.807, 2.05) is 4.90 Å².